The van der Waals surface area contributed by atoms with E-state index in [9.17, 15) is 33.6 Å². The molecule has 0 unspecified atom stereocenters. The molecule has 0 fully saturated rings. The zero-order valence-electron chi connectivity index (χ0n) is 25.2. The second-order valence-electron chi connectivity index (χ2n) is 8.11. The minimum atomic E-state index is -1.25. The zero-order chi connectivity index (χ0) is 33.1. The van der Waals surface area contributed by atoms with E-state index in [1.165, 1.54) is 17.1 Å². The Kier molecular flexibility index (Phi) is 27.7. The van der Waals surface area contributed by atoms with Gasteiger partial charge in [0.1, 0.15) is 0 Å². The maximum Gasteiger partial charge on any atom is 0.317 e. The lowest BCUT2D eigenvalue weighted by Gasteiger charge is -2.28. The van der Waals surface area contributed by atoms with Crippen LogP contribution in [0.3, 0.4) is 0 Å². The highest BCUT2D eigenvalue weighted by molar-refractivity contribution is 5.94. The second kappa shape index (κ2) is 27.3. The summed E-state index contributed by atoms with van der Waals surface area (Å²) in [4.78, 5) is 84.2. The van der Waals surface area contributed by atoms with E-state index in [0.717, 1.165) is 14.7 Å². The lowest BCUT2D eigenvalue weighted by Crippen LogP contribution is -2.47. The summed E-state index contributed by atoms with van der Waals surface area (Å²) in [6.45, 7) is 7.28. The molecular formula is C26H47N5O11. The summed E-state index contributed by atoms with van der Waals surface area (Å²) in [6.07, 6.45) is 3.35. The van der Waals surface area contributed by atoms with Crippen LogP contribution in [0.25, 0.3) is 0 Å². The van der Waals surface area contributed by atoms with Crippen LogP contribution in [0.5, 0.6) is 0 Å². The number of carboxylic acid groups (broad SMARTS) is 4. The number of carbonyl (C=O) groups excluding carboxylic acids is 3. The monoisotopic (exact) mass is 605 g/mol. The van der Waals surface area contributed by atoms with Crippen molar-refractivity contribution < 1.29 is 54.0 Å². The van der Waals surface area contributed by atoms with E-state index in [4.69, 9.17) is 20.4 Å². The van der Waals surface area contributed by atoms with Crippen molar-refractivity contribution in [3.8, 4) is 0 Å². The van der Waals surface area contributed by atoms with Crippen molar-refractivity contribution in [1.29, 1.82) is 0 Å². The van der Waals surface area contributed by atoms with Crippen molar-refractivity contribution in [2.75, 3.05) is 72.0 Å². The van der Waals surface area contributed by atoms with Gasteiger partial charge < -0.3 is 25.7 Å². The van der Waals surface area contributed by atoms with Gasteiger partial charge in [0, 0.05) is 39.3 Å². The first kappa shape index (κ1) is 42.6. The van der Waals surface area contributed by atoms with Gasteiger partial charge in [0.25, 0.3) is 5.91 Å². The Morgan fingerprint density at radius 3 is 1.33 bits per heavy atom. The number of hydrogen-bond acceptors (Lipinski definition) is 10. The smallest absolute Gasteiger partial charge is 0.317 e. The molecule has 0 spiro atoms. The molecule has 3 amide bonds. The van der Waals surface area contributed by atoms with Gasteiger partial charge in [-0.3, -0.25) is 53.2 Å². The van der Waals surface area contributed by atoms with Gasteiger partial charge in [-0.1, -0.05) is 33.8 Å². The summed E-state index contributed by atoms with van der Waals surface area (Å²) in [6, 6.07) is 0. The standard InChI is InChI=1S/C22H35N5O11.2C2H6/c1-2-4-18(30)27(16-28)6-3-5-23-17(29)11-24(7-9-25(12-19(31)32)13-20(33)34)8-10-26(14-21(35)36)15-22(37)38;2*1-2/h2,4,16H,3,5-15H2,1H3,(H,23,29)(H,31,32)(H,33,34)(H,35,36)(H,37,38);2*1-2H3/b4-2-;;. The molecule has 5 N–H and O–H groups in total. The summed E-state index contributed by atoms with van der Waals surface area (Å²) in [5.74, 6) is -5.97. The number of carbonyl (C=O) groups is 7. The molecule has 0 aliphatic carbocycles. The van der Waals surface area contributed by atoms with Crippen LogP contribution in [0.4, 0.5) is 0 Å². The number of allylic oxidation sites excluding steroid dienone is 1. The molecule has 0 saturated heterocycles. The van der Waals surface area contributed by atoms with Crippen LogP contribution < -0.4 is 5.32 Å². The van der Waals surface area contributed by atoms with E-state index in [1.807, 2.05) is 27.7 Å². The van der Waals surface area contributed by atoms with Crippen LogP contribution in [0, 0.1) is 0 Å². The number of amides is 3. The van der Waals surface area contributed by atoms with Gasteiger partial charge in [-0.05, 0) is 19.4 Å². The van der Waals surface area contributed by atoms with Gasteiger partial charge in [0.15, 0.2) is 0 Å². The van der Waals surface area contributed by atoms with Gasteiger partial charge in [0.05, 0.1) is 32.7 Å². The van der Waals surface area contributed by atoms with Crippen LogP contribution in [-0.2, 0) is 33.6 Å². The predicted molar refractivity (Wildman–Crippen MR) is 153 cm³/mol. The molecule has 16 heteroatoms. The molecule has 0 aromatic carbocycles. The molecule has 0 rings (SSSR count). The Morgan fingerprint density at radius 1 is 0.619 bits per heavy atom. The fraction of sp³-hybridized carbons (Fsp3) is 0.654. The van der Waals surface area contributed by atoms with E-state index in [-0.39, 0.29) is 52.2 Å². The van der Waals surface area contributed by atoms with E-state index in [0.29, 0.717) is 6.41 Å². The van der Waals surface area contributed by atoms with Crippen molar-refractivity contribution in [3.63, 3.8) is 0 Å². The second-order valence-corrected chi connectivity index (χ2v) is 8.11. The van der Waals surface area contributed by atoms with Crippen molar-refractivity contribution in [2.45, 2.75) is 41.0 Å². The molecule has 0 bridgehead atoms. The van der Waals surface area contributed by atoms with E-state index in [2.05, 4.69) is 5.32 Å². The van der Waals surface area contributed by atoms with Crippen LogP contribution in [0.1, 0.15) is 41.0 Å². The maximum absolute atomic E-state index is 12.5. The number of nitrogens with one attached hydrogen (secondary N) is 1. The highest BCUT2D eigenvalue weighted by Crippen LogP contribution is 1.98. The molecule has 0 saturated carbocycles. The average Bonchev–Trinajstić information content (AvgIpc) is 2.91. The molecule has 242 valence electrons. The van der Waals surface area contributed by atoms with Crippen LogP contribution in [-0.4, -0.2) is 154 Å². The van der Waals surface area contributed by atoms with Gasteiger partial charge in [0.2, 0.25) is 12.3 Å². The largest absolute Gasteiger partial charge is 0.480 e. The first-order valence-corrected chi connectivity index (χ1v) is 13.6. The number of hydrogen-bond donors (Lipinski definition) is 5. The van der Waals surface area contributed by atoms with Crippen LogP contribution in [0.2, 0.25) is 0 Å². The van der Waals surface area contributed by atoms with Gasteiger partial charge in [-0.15, -0.1) is 0 Å². The average molecular weight is 606 g/mol. The third-order valence-electron chi connectivity index (χ3n) is 4.89. The first-order chi connectivity index (χ1) is 19.9. The normalized spacial score (nSPS) is 10.4. The molecule has 16 nitrogen and oxygen atoms in total. The predicted octanol–water partition coefficient (Wildman–Crippen LogP) is -0.649. The summed E-state index contributed by atoms with van der Waals surface area (Å²) < 4.78 is 0. The number of aliphatic carboxylic acids is 4. The van der Waals surface area contributed by atoms with E-state index < -0.39 is 61.9 Å². The molecule has 0 aromatic rings. The topological polar surface area (TPSA) is 225 Å². The van der Waals surface area contributed by atoms with Crippen molar-refractivity contribution in [2.24, 2.45) is 0 Å². The Morgan fingerprint density at radius 2 is 1.00 bits per heavy atom. The maximum atomic E-state index is 12.5. The summed E-state index contributed by atoms with van der Waals surface area (Å²) in [5, 5.41) is 38.7. The third kappa shape index (κ3) is 25.1. The van der Waals surface area contributed by atoms with Crippen LogP contribution in [0.15, 0.2) is 12.2 Å². The number of nitrogens with zero attached hydrogens (tertiary/aromatic N) is 4. The lowest BCUT2D eigenvalue weighted by molar-refractivity contribution is -0.143. The van der Waals surface area contributed by atoms with E-state index in [1.54, 1.807) is 6.92 Å². The molecule has 0 aliphatic rings. The molecular weight excluding hydrogens is 558 g/mol. The van der Waals surface area contributed by atoms with Crippen LogP contribution >= 0.6 is 0 Å². The summed E-state index contributed by atoms with van der Waals surface area (Å²) >= 11 is 0. The Labute approximate surface area is 246 Å². The van der Waals surface area contributed by atoms with E-state index >= 15 is 0 Å². The minimum absolute atomic E-state index is 0.0265. The highest BCUT2D eigenvalue weighted by Gasteiger charge is 2.19. The Hall–Kier alpha value is -3.89. The molecule has 42 heavy (non-hydrogen) atoms. The Bertz CT molecular complexity index is 796. The van der Waals surface area contributed by atoms with Crippen molar-refractivity contribution >= 4 is 42.1 Å². The number of carboxylic acids is 4. The highest BCUT2D eigenvalue weighted by atomic mass is 16.4. The fourth-order valence-corrected chi connectivity index (χ4v) is 3.22. The van der Waals surface area contributed by atoms with Crippen molar-refractivity contribution in [1.82, 2.24) is 24.9 Å². The molecule has 0 aromatic heterocycles. The quantitative estimate of drug-likeness (QED) is 0.0587. The summed E-state index contributed by atoms with van der Waals surface area (Å²) in [7, 11) is 0. The summed E-state index contributed by atoms with van der Waals surface area (Å²) in [5.41, 5.74) is 0. The minimum Gasteiger partial charge on any atom is -0.480 e. The zero-order valence-corrected chi connectivity index (χ0v) is 25.2. The third-order valence-corrected chi connectivity index (χ3v) is 4.89. The number of imide groups is 1. The molecule has 0 radical (unpaired) electrons. The van der Waals surface area contributed by atoms with Gasteiger partial charge in [-0.25, -0.2) is 0 Å². The fourth-order valence-electron chi connectivity index (χ4n) is 3.22. The van der Waals surface area contributed by atoms with Gasteiger partial charge in [-0.2, -0.15) is 0 Å². The molecule has 0 atom stereocenters. The first-order valence-electron chi connectivity index (χ1n) is 13.6. The number of rotatable bonds is 22. The molecule has 0 heterocycles. The molecule has 0 aliphatic heterocycles. The SMILES string of the molecule is C/C=C\C(=O)N(C=O)CCCNC(=O)CN(CCN(CC(=O)O)CC(=O)O)CCN(CC(=O)O)CC(=O)O.CC.CC. The lowest BCUT2D eigenvalue weighted by atomic mass is 10.3. The Balaban J connectivity index is -0.00000363. The van der Waals surface area contributed by atoms with Crippen molar-refractivity contribution in [3.05, 3.63) is 12.2 Å². The van der Waals surface area contributed by atoms with Gasteiger partial charge >= 0.3 is 23.9 Å².